The van der Waals surface area contributed by atoms with E-state index in [1.807, 2.05) is 0 Å². The SMILES string of the molecule is CCC12CC3CC(Br)(C1)CC(CC)(C3)C2. The predicted molar refractivity (Wildman–Crippen MR) is 68.3 cm³/mol. The molecule has 4 bridgehead atoms. The molecule has 0 spiro atoms. The first kappa shape index (κ1) is 10.6. The highest BCUT2D eigenvalue weighted by molar-refractivity contribution is 9.10. The normalized spacial score (nSPS) is 57.4. The molecule has 0 aromatic rings. The van der Waals surface area contributed by atoms with Gasteiger partial charge in [0.2, 0.25) is 0 Å². The Balaban J connectivity index is 2.00. The summed E-state index contributed by atoms with van der Waals surface area (Å²) in [7, 11) is 0. The summed E-state index contributed by atoms with van der Waals surface area (Å²) < 4.78 is 0.540. The first-order valence-corrected chi connectivity index (χ1v) is 7.51. The molecule has 0 aromatic carbocycles. The van der Waals surface area contributed by atoms with Gasteiger partial charge in [-0.05, 0) is 55.3 Å². The van der Waals surface area contributed by atoms with E-state index in [4.69, 9.17) is 0 Å². The summed E-state index contributed by atoms with van der Waals surface area (Å²) in [5.74, 6) is 1.04. The number of hydrogen-bond acceptors (Lipinski definition) is 0. The second-order valence-corrected chi connectivity index (χ2v) is 8.55. The molecule has 1 heteroatoms. The Kier molecular flexibility index (Phi) is 2.14. The molecular formula is C14H23Br. The lowest BCUT2D eigenvalue weighted by Crippen LogP contribution is -2.57. The van der Waals surface area contributed by atoms with Crippen molar-refractivity contribution in [2.24, 2.45) is 16.7 Å². The van der Waals surface area contributed by atoms with Crippen LogP contribution in [-0.2, 0) is 0 Å². The van der Waals surface area contributed by atoms with Crippen molar-refractivity contribution in [1.82, 2.24) is 0 Å². The van der Waals surface area contributed by atoms with E-state index in [1.54, 1.807) is 12.8 Å². The van der Waals surface area contributed by atoms with Gasteiger partial charge in [-0.3, -0.25) is 0 Å². The first-order valence-electron chi connectivity index (χ1n) is 6.72. The lowest BCUT2D eigenvalue weighted by Gasteiger charge is -2.65. The molecule has 4 aliphatic carbocycles. The van der Waals surface area contributed by atoms with Gasteiger partial charge in [-0.2, -0.15) is 0 Å². The van der Waals surface area contributed by atoms with Crippen LogP contribution in [0.4, 0.5) is 0 Å². The molecule has 4 fully saturated rings. The van der Waals surface area contributed by atoms with Gasteiger partial charge in [0.1, 0.15) is 0 Å². The number of alkyl halides is 1. The average molecular weight is 271 g/mol. The highest BCUT2D eigenvalue weighted by Crippen LogP contribution is 2.70. The van der Waals surface area contributed by atoms with E-state index in [0.29, 0.717) is 4.32 Å². The third kappa shape index (κ3) is 1.45. The molecule has 0 heterocycles. The molecule has 0 radical (unpaired) electrons. The van der Waals surface area contributed by atoms with Crippen LogP contribution in [0.15, 0.2) is 0 Å². The molecule has 0 amide bonds. The second-order valence-electron chi connectivity index (χ2n) is 6.87. The molecule has 4 aliphatic rings. The van der Waals surface area contributed by atoms with E-state index >= 15 is 0 Å². The molecule has 4 rings (SSSR count). The lowest BCUT2D eigenvalue weighted by atomic mass is 9.43. The fraction of sp³-hybridized carbons (Fsp3) is 1.00. The number of halogens is 1. The molecule has 0 aliphatic heterocycles. The Bertz CT molecular complexity index is 263. The van der Waals surface area contributed by atoms with E-state index in [-0.39, 0.29) is 0 Å². The topological polar surface area (TPSA) is 0 Å². The Labute approximate surface area is 102 Å². The summed E-state index contributed by atoms with van der Waals surface area (Å²) in [6.45, 7) is 4.85. The van der Waals surface area contributed by atoms with Crippen molar-refractivity contribution in [3.8, 4) is 0 Å². The van der Waals surface area contributed by atoms with Gasteiger partial charge in [0, 0.05) is 4.32 Å². The van der Waals surface area contributed by atoms with Gasteiger partial charge >= 0.3 is 0 Å². The molecule has 4 saturated carbocycles. The molecule has 2 unspecified atom stereocenters. The largest absolute Gasteiger partial charge is 0.0853 e. The zero-order chi connectivity index (χ0) is 10.7. The quantitative estimate of drug-likeness (QED) is 0.626. The Morgan fingerprint density at radius 1 is 0.933 bits per heavy atom. The van der Waals surface area contributed by atoms with Gasteiger partial charge in [-0.1, -0.05) is 42.6 Å². The molecule has 0 nitrogen and oxygen atoms in total. The van der Waals surface area contributed by atoms with Crippen LogP contribution in [0.1, 0.15) is 65.2 Å². The van der Waals surface area contributed by atoms with Crippen LogP contribution in [0.5, 0.6) is 0 Å². The monoisotopic (exact) mass is 270 g/mol. The molecule has 15 heavy (non-hydrogen) atoms. The summed E-state index contributed by atoms with van der Waals surface area (Å²) in [6, 6.07) is 0. The van der Waals surface area contributed by atoms with Gasteiger partial charge in [-0.25, -0.2) is 0 Å². The molecule has 0 saturated heterocycles. The Morgan fingerprint density at radius 3 is 1.87 bits per heavy atom. The van der Waals surface area contributed by atoms with Crippen LogP contribution in [0.3, 0.4) is 0 Å². The number of rotatable bonds is 2. The zero-order valence-electron chi connectivity index (χ0n) is 10.1. The number of hydrogen-bond donors (Lipinski definition) is 0. The summed E-state index contributed by atoms with van der Waals surface area (Å²) in [5.41, 5.74) is 1.44. The predicted octanol–water partition coefficient (Wildman–Crippen LogP) is 4.91. The van der Waals surface area contributed by atoms with Crippen LogP contribution < -0.4 is 0 Å². The third-order valence-corrected chi connectivity index (χ3v) is 6.62. The Hall–Kier alpha value is 0.480. The van der Waals surface area contributed by atoms with Crippen LogP contribution in [0.2, 0.25) is 0 Å². The average Bonchev–Trinajstić information content (AvgIpc) is 2.14. The fourth-order valence-electron chi connectivity index (χ4n) is 5.51. The summed E-state index contributed by atoms with van der Waals surface area (Å²) in [4.78, 5) is 0. The van der Waals surface area contributed by atoms with Crippen molar-refractivity contribution in [1.29, 1.82) is 0 Å². The summed E-state index contributed by atoms with van der Waals surface area (Å²) in [6.07, 6.45) is 11.9. The van der Waals surface area contributed by atoms with Crippen molar-refractivity contribution in [2.45, 2.75) is 69.5 Å². The van der Waals surface area contributed by atoms with Crippen LogP contribution in [-0.4, -0.2) is 4.32 Å². The minimum Gasteiger partial charge on any atom is -0.0853 e. The first-order chi connectivity index (χ1) is 7.03. The van der Waals surface area contributed by atoms with E-state index in [1.165, 1.54) is 38.5 Å². The van der Waals surface area contributed by atoms with Crippen molar-refractivity contribution in [2.75, 3.05) is 0 Å². The molecule has 0 N–H and O–H groups in total. The van der Waals surface area contributed by atoms with E-state index in [2.05, 4.69) is 29.8 Å². The smallest absolute Gasteiger partial charge is 0.0271 e. The van der Waals surface area contributed by atoms with Gasteiger partial charge in [0.25, 0.3) is 0 Å². The molecule has 2 atom stereocenters. The van der Waals surface area contributed by atoms with Crippen molar-refractivity contribution >= 4 is 15.9 Å². The standard InChI is InChI=1S/C14H23Br/c1-3-12-5-11-6-13(4-2,8-12)10-14(15,7-11)9-12/h11H,3-10H2,1-2H3. The van der Waals surface area contributed by atoms with Crippen LogP contribution in [0.25, 0.3) is 0 Å². The minimum atomic E-state index is 0.540. The highest BCUT2D eigenvalue weighted by atomic mass is 79.9. The van der Waals surface area contributed by atoms with Crippen molar-refractivity contribution < 1.29 is 0 Å². The van der Waals surface area contributed by atoms with E-state index in [9.17, 15) is 0 Å². The minimum absolute atomic E-state index is 0.540. The third-order valence-electron chi connectivity index (χ3n) is 5.73. The lowest BCUT2D eigenvalue weighted by molar-refractivity contribution is -0.0977. The van der Waals surface area contributed by atoms with Gasteiger partial charge in [-0.15, -0.1) is 0 Å². The fourth-order valence-corrected chi connectivity index (χ4v) is 7.15. The zero-order valence-corrected chi connectivity index (χ0v) is 11.7. The van der Waals surface area contributed by atoms with Crippen molar-refractivity contribution in [3.05, 3.63) is 0 Å². The Morgan fingerprint density at radius 2 is 1.47 bits per heavy atom. The maximum atomic E-state index is 4.11. The van der Waals surface area contributed by atoms with E-state index < -0.39 is 0 Å². The molecule has 86 valence electrons. The second kappa shape index (κ2) is 3.03. The maximum absolute atomic E-state index is 4.11. The van der Waals surface area contributed by atoms with Crippen molar-refractivity contribution in [3.63, 3.8) is 0 Å². The van der Waals surface area contributed by atoms with Gasteiger partial charge in [0.05, 0.1) is 0 Å². The summed E-state index contributed by atoms with van der Waals surface area (Å²) >= 11 is 4.11. The maximum Gasteiger partial charge on any atom is 0.0271 e. The highest BCUT2D eigenvalue weighted by Gasteiger charge is 2.61. The van der Waals surface area contributed by atoms with Crippen LogP contribution >= 0.6 is 15.9 Å². The molecule has 0 aromatic heterocycles. The van der Waals surface area contributed by atoms with E-state index in [0.717, 1.165) is 16.7 Å². The molecular weight excluding hydrogens is 248 g/mol. The summed E-state index contributed by atoms with van der Waals surface area (Å²) in [5, 5.41) is 0. The van der Waals surface area contributed by atoms with Gasteiger partial charge in [0.15, 0.2) is 0 Å². The van der Waals surface area contributed by atoms with Crippen LogP contribution in [0, 0.1) is 16.7 Å². The van der Waals surface area contributed by atoms with Gasteiger partial charge < -0.3 is 0 Å².